The van der Waals surface area contributed by atoms with Gasteiger partial charge in [-0.05, 0) is 35.9 Å². The minimum Gasteiger partial charge on any atom is -0.322 e. The third kappa shape index (κ3) is 2.71. The maximum absolute atomic E-state index is 6.02. The van der Waals surface area contributed by atoms with Crippen LogP contribution >= 0.6 is 39.1 Å². The minimum absolute atomic E-state index is 0.389. The number of nitrogens with zero attached hydrogens (tertiary/aromatic N) is 2. The van der Waals surface area contributed by atoms with E-state index in [0.717, 1.165) is 32.9 Å². The summed E-state index contributed by atoms with van der Waals surface area (Å²) < 4.78 is 3.15. The molecular formula is C15H11BrCl2N2. The summed E-state index contributed by atoms with van der Waals surface area (Å²) in [6, 6.07) is 13.9. The molecule has 1 heterocycles. The van der Waals surface area contributed by atoms with Crippen molar-refractivity contribution in [2.24, 2.45) is 0 Å². The summed E-state index contributed by atoms with van der Waals surface area (Å²) >= 11 is 15.4. The molecule has 3 rings (SSSR count). The molecule has 20 heavy (non-hydrogen) atoms. The van der Waals surface area contributed by atoms with E-state index in [1.807, 2.05) is 36.4 Å². The lowest BCUT2D eigenvalue weighted by atomic mass is 10.2. The van der Waals surface area contributed by atoms with E-state index >= 15 is 0 Å². The lowest BCUT2D eigenvalue weighted by Gasteiger charge is -2.08. The number of fused-ring (bicyclic) bond motifs is 1. The Kier molecular flexibility index (Phi) is 4.01. The van der Waals surface area contributed by atoms with Gasteiger partial charge < -0.3 is 4.57 Å². The van der Waals surface area contributed by atoms with Crippen LogP contribution in [0.2, 0.25) is 5.02 Å². The molecule has 0 aliphatic heterocycles. The van der Waals surface area contributed by atoms with Gasteiger partial charge in [-0.3, -0.25) is 0 Å². The van der Waals surface area contributed by atoms with E-state index < -0.39 is 0 Å². The number of aromatic nitrogens is 2. The van der Waals surface area contributed by atoms with Gasteiger partial charge in [0, 0.05) is 16.0 Å². The highest BCUT2D eigenvalue weighted by atomic mass is 79.9. The van der Waals surface area contributed by atoms with Gasteiger partial charge in [-0.15, -0.1) is 11.6 Å². The van der Waals surface area contributed by atoms with E-state index in [4.69, 9.17) is 23.2 Å². The first-order valence-electron chi connectivity index (χ1n) is 6.12. The molecule has 0 amide bonds. The average molecular weight is 370 g/mol. The number of hydrogen-bond donors (Lipinski definition) is 0. The van der Waals surface area contributed by atoms with Crippen LogP contribution in [-0.2, 0) is 12.4 Å². The monoisotopic (exact) mass is 368 g/mol. The van der Waals surface area contributed by atoms with Gasteiger partial charge in [-0.2, -0.15) is 0 Å². The molecule has 102 valence electrons. The standard InChI is InChI=1S/C15H11BrCl2N2/c16-11-3-6-14-13(7-11)19-15(8-17)20(14)9-10-1-4-12(18)5-2-10/h1-7H,8-9H2. The van der Waals surface area contributed by atoms with Gasteiger partial charge in [0.05, 0.1) is 16.9 Å². The Labute approximate surface area is 135 Å². The van der Waals surface area contributed by atoms with Crippen molar-refractivity contribution in [3.05, 3.63) is 63.3 Å². The Hall–Kier alpha value is -1.03. The maximum atomic E-state index is 6.02. The fourth-order valence-corrected chi connectivity index (χ4v) is 2.88. The summed E-state index contributed by atoms with van der Waals surface area (Å²) in [5, 5.41) is 0.741. The Bertz CT molecular complexity index is 750. The Balaban J connectivity index is 2.07. The van der Waals surface area contributed by atoms with Gasteiger partial charge in [0.25, 0.3) is 0 Å². The van der Waals surface area contributed by atoms with Crippen molar-refractivity contribution in [2.45, 2.75) is 12.4 Å². The van der Waals surface area contributed by atoms with Crippen LogP contribution in [0.25, 0.3) is 11.0 Å². The van der Waals surface area contributed by atoms with Gasteiger partial charge in [0.2, 0.25) is 0 Å². The Morgan fingerprint density at radius 1 is 1.10 bits per heavy atom. The Morgan fingerprint density at radius 3 is 2.55 bits per heavy atom. The van der Waals surface area contributed by atoms with Crippen LogP contribution in [0.1, 0.15) is 11.4 Å². The molecule has 2 aromatic carbocycles. The van der Waals surface area contributed by atoms with Crippen molar-refractivity contribution in [1.82, 2.24) is 9.55 Å². The molecule has 0 unspecified atom stereocenters. The average Bonchev–Trinajstić information content (AvgIpc) is 2.78. The molecule has 5 heteroatoms. The van der Waals surface area contributed by atoms with Gasteiger partial charge in [0.15, 0.2) is 0 Å². The zero-order chi connectivity index (χ0) is 14.1. The zero-order valence-electron chi connectivity index (χ0n) is 10.5. The third-order valence-corrected chi connectivity index (χ3v) is 4.15. The maximum Gasteiger partial charge on any atom is 0.125 e. The van der Waals surface area contributed by atoms with Crippen LogP contribution in [0.15, 0.2) is 46.9 Å². The van der Waals surface area contributed by atoms with E-state index in [1.54, 1.807) is 0 Å². The number of halogens is 3. The van der Waals surface area contributed by atoms with Crippen molar-refractivity contribution in [3.8, 4) is 0 Å². The molecule has 0 saturated carbocycles. The summed E-state index contributed by atoms with van der Waals surface area (Å²) in [6.45, 7) is 0.733. The lowest BCUT2D eigenvalue weighted by molar-refractivity contribution is 0.779. The molecule has 0 saturated heterocycles. The first kappa shape index (κ1) is 13.9. The van der Waals surface area contributed by atoms with E-state index in [9.17, 15) is 0 Å². The second-order valence-electron chi connectivity index (χ2n) is 4.51. The molecule has 0 bridgehead atoms. The molecule has 1 aromatic heterocycles. The molecule has 0 radical (unpaired) electrons. The fraction of sp³-hybridized carbons (Fsp3) is 0.133. The number of alkyl halides is 1. The van der Waals surface area contributed by atoms with E-state index in [-0.39, 0.29) is 0 Å². The van der Waals surface area contributed by atoms with Crippen LogP contribution in [0.4, 0.5) is 0 Å². The number of hydrogen-bond acceptors (Lipinski definition) is 1. The van der Waals surface area contributed by atoms with Crippen molar-refractivity contribution >= 4 is 50.2 Å². The second kappa shape index (κ2) is 5.76. The molecule has 0 N–H and O–H groups in total. The molecule has 3 aromatic rings. The highest BCUT2D eigenvalue weighted by molar-refractivity contribution is 9.10. The highest BCUT2D eigenvalue weighted by Gasteiger charge is 2.10. The predicted octanol–water partition coefficient (Wildman–Crippen LogP) is 5.24. The smallest absolute Gasteiger partial charge is 0.125 e. The first-order valence-corrected chi connectivity index (χ1v) is 7.83. The summed E-state index contributed by atoms with van der Waals surface area (Å²) in [4.78, 5) is 4.58. The predicted molar refractivity (Wildman–Crippen MR) is 87.5 cm³/mol. The van der Waals surface area contributed by atoms with Crippen molar-refractivity contribution in [1.29, 1.82) is 0 Å². The third-order valence-electron chi connectivity index (χ3n) is 3.16. The largest absolute Gasteiger partial charge is 0.322 e. The molecule has 0 spiro atoms. The molecule has 0 atom stereocenters. The number of imidazole rings is 1. The van der Waals surface area contributed by atoms with Crippen LogP contribution in [0, 0.1) is 0 Å². The van der Waals surface area contributed by atoms with Gasteiger partial charge in [0.1, 0.15) is 5.82 Å². The van der Waals surface area contributed by atoms with Crippen molar-refractivity contribution in [3.63, 3.8) is 0 Å². The van der Waals surface area contributed by atoms with Crippen molar-refractivity contribution < 1.29 is 0 Å². The van der Waals surface area contributed by atoms with Gasteiger partial charge >= 0.3 is 0 Å². The van der Waals surface area contributed by atoms with E-state index in [0.29, 0.717) is 5.88 Å². The van der Waals surface area contributed by atoms with Crippen LogP contribution in [0.5, 0.6) is 0 Å². The number of rotatable bonds is 3. The molecule has 2 nitrogen and oxygen atoms in total. The zero-order valence-corrected chi connectivity index (χ0v) is 13.6. The summed E-state index contributed by atoms with van der Waals surface area (Å²) in [5.74, 6) is 1.26. The summed E-state index contributed by atoms with van der Waals surface area (Å²) in [6.07, 6.45) is 0. The summed E-state index contributed by atoms with van der Waals surface area (Å²) in [5.41, 5.74) is 3.20. The van der Waals surface area contributed by atoms with Gasteiger partial charge in [-0.1, -0.05) is 39.7 Å². The van der Waals surface area contributed by atoms with Crippen LogP contribution < -0.4 is 0 Å². The second-order valence-corrected chi connectivity index (χ2v) is 6.13. The molecule has 0 fully saturated rings. The first-order chi connectivity index (χ1) is 9.67. The molecular weight excluding hydrogens is 359 g/mol. The topological polar surface area (TPSA) is 17.8 Å². The quantitative estimate of drug-likeness (QED) is 0.577. The molecule has 0 aliphatic rings. The SMILES string of the molecule is ClCc1nc2cc(Br)ccc2n1Cc1ccc(Cl)cc1. The van der Waals surface area contributed by atoms with Crippen LogP contribution in [-0.4, -0.2) is 9.55 Å². The van der Waals surface area contributed by atoms with Crippen molar-refractivity contribution in [2.75, 3.05) is 0 Å². The van der Waals surface area contributed by atoms with E-state index in [1.165, 1.54) is 5.56 Å². The Morgan fingerprint density at radius 2 is 1.85 bits per heavy atom. The van der Waals surface area contributed by atoms with Gasteiger partial charge in [-0.25, -0.2) is 4.98 Å². The normalized spacial score (nSPS) is 11.2. The molecule has 0 aliphatic carbocycles. The highest BCUT2D eigenvalue weighted by Crippen LogP contribution is 2.23. The minimum atomic E-state index is 0.389. The lowest BCUT2D eigenvalue weighted by Crippen LogP contribution is -2.03. The fourth-order valence-electron chi connectivity index (χ4n) is 2.20. The van der Waals surface area contributed by atoms with Crippen LogP contribution in [0.3, 0.4) is 0 Å². The summed E-state index contributed by atoms with van der Waals surface area (Å²) in [7, 11) is 0. The number of benzene rings is 2. The van der Waals surface area contributed by atoms with E-state index in [2.05, 4.69) is 31.5 Å².